The molecule has 4 nitrogen and oxygen atoms in total. The number of para-hydroxylation sites is 1. The van der Waals surface area contributed by atoms with E-state index in [1.165, 1.54) is 5.56 Å². The van der Waals surface area contributed by atoms with E-state index in [0.717, 1.165) is 30.8 Å². The van der Waals surface area contributed by atoms with Crippen LogP contribution in [0.25, 0.3) is 0 Å². The van der Waals surface area contributed by atoms with Crippen LogP contribution in [0, 0.1) is 0 Å². The average Bonchev–Trinajstić information content (AvgIpc) is 3.16. The number of benzene rings is 2. The minimum Gasteiger partial charge on any atom is -0.508 e. The molecule has 0 aromatic heterocycles. The van der Waals surface area contributed by atoms with Gasteiger partial charge in [0.25, 0.3) is 5.91 Å². The van der Waals surface area contributed by atoms with Gasteiger partial charge < -0.3 is 14.7 Å². The van der Waals surface area contributed by atoms with Gasteiger partial charge in [0.2, 0.25) is 0 Å². The van der Waals surface area contributed by atoms with Crippen molar-refractivity contribution >= 4 is 17.7 Å². The van der Waals surface area contributed by atoms with Gasteiger partial charge in [0.1, 0.15) is 5.75 Å². The van der Waals surface area contributed by atoms with E-state index in [2.05, 4.69) is 6.26 Å². The third-order valence-electron chi connectivity index (χ3n) is 4.60. The monoisotopic (exact) mass is 371 g/mol. The lowest BCUT2D eigenvalue weighted by Crippen LogP contribution is -2.37. The molecular weight excluding hydrogens is 346 g/mol. The molecule has 0 saturated carbocycles. The first kappa shape index (κ1) is 18.8. The van der Waals surface area contributed by atoms with Crippen molar-refractivity contribution in [3.05, 3.63) is 65.2 Å². The second kappa shape index (κ2) is 9.10. The maximum absolute atomic E-state index is 13.1. The number of phenolic OH excluding ortho intramolecular Hbond substituents is 1. The number of aromatic hydroxyl groups is 1. The zero-order valence-electron chi connectivity index (χ0n) is 15.1. The third kappa shape index (κ3) is 4.80. The highest BCUT2D eigenvalue weighted by Crippen LogP contribution is 2.22. The molecule has 1 N–H and O–H groups in total. The molecule has 1 heterocycles. The molecule has 2 aromatic carbocycles. The minimum atomic E-state index is -0.0283. The summed E-state index contributed by atoms with van der Waals surface area (Å²) in [6.45, 7) is 1.67. The van der Waals surface area contributed by atoms with Crippen LogP contribution in [0.3, 0.4) is 0 Å². The highest BCUT2D eigenvalue weighted by atomic mass is 32.2. The van der Waals surface area contributed by atoms with Gasteiger partial charge in [-0.05, 0) is 42.9 Å². The summed E-state index contributed by atoms with van der Waals surface area (Å²) in [5.41, 5.74) is 2.63. The van der Waals surface area contributed by atoms with Gasteiger partial charge in [0.15, 0.2) is 0 Å². The predicted molar refractivity (Wildman–Crippen MR) is 105 cm³/mol. The highest BCUT2D eigenvalue weighted by molar-refractivity contribution is 7.97. The van der Waals surface area contributed by atoms with Crippen LogP contribution >= 0.6 is 11.8 Å². The van der Waals surface area contributed by atoms with Crippen LogP contribution in [-0.4, -0.2) is 41.4 Å². The van der Waals surface area contributed by atoms with E-state index in [1.807, 2.05) is 36.4 Å². The molecule has 1 unspecified atom stereocenters. The van der Waals surface area contributed by atoms with E-state index < -0.39 is 0 Å². The summed E-state index contributed by atoms with van der Waals surface area (Å²) in [6.07, 6.45) is 4.14. The number of amides is 1. The number of ether oxygens (including phenoxy) is 1. The van der Waals surface area contributed by atoms with Crippen molar-refractivity contribution < 1.29 is 14.6 Å². The largest absolute Gasteiger partial charge is 0.508 e. The Balaban J connectivity index is 1.79. The molecular formula is C21H25NO3S. The Labute approximate surface area is 159 Å². The fraction of sp³-hybridized carbons (Fsp3) is 0.381. The normalized spacial score (nSPS) is 16.6. The maximum Gasteiger partial charge on any atom is 0.254 e. The van der Waals surface area contributed by atoms with E-state index >= 15 is 0 Å². The summed E-state index contributed by atoms with van der Waals surface area (Å²) >= 11 is 1.76. The van der Waals surface area contributed by atoms with Crippen LogP contribution < -0.4 is 0 Å². The Bertz CT molecular complexity index is 726. The standard InChI is InChI=1S/C21H25NO3S/c1-26-15-16-8-10-17(11-9-16)21(24)22(14-19-6-4-12-25-19)13-18-5-2-3-7-20(18)23/h2-3,5,7-11,19,23H,4,6,12-15H2,1H3. The molecule has 3 rings (SSSR count). The average molecular weight is 372 g/mol. The number of phenols is 1. The van der Waals surface area contributed by atoms with Crippen molar-refractivity contribution in [2.24, 2.45) is 0 Å². The van der Waals surface area contributed by atoms with E-state index in [0.29, 0.717) is 18.7 Å². The Hall–Kier alpha value is -1.98. The van der Waals surface area contributed by atoms with Gasteiger partial charge >= 0.3 is 0 Å². The Morgan fingerprint density at radius 1 is 1.23 bits per heavy atom. The number of thioether (sulfide) groups is 1. The summed E-state index contributed by atoms with van der Waals surface area (Å²) in [5.74, 6) is 1.12. The minimum absolute atomic E-state index is 0.0283. The van der Waals surface area contributed by atoms with E-state index in [4.69, 9.17) is 4.74 Å². The van der Waals surface area contributed by atoms with Crippen LogP contribution in [0.4, 0.5) is 0 Å². The first-order valence-electron chi connectivity index (χ1n) is 8.93. The lowest BCUT2D eigenvalue weighted by Gasteiger charge is -2.26. The molecule has 26 heavy (non-hydrogen) atoms. The Kier molecular flexibility index (Phi) is 6.58. The Morgan fingerprint density at radius 3 is 2.65 bits per heavy atom. The van der Waals surface area contributed by atoms with Crippen LogP contribution in [0.2, 0.25) is 0 Å². The van der Waals surface area contributed by atoms with Crippen molar-refractivity contribution in [3.63, 3.8) is 0 Å². The smallest absolute Gasteiger partial charge is 0.254 e. The topological polar surface area (TPSA) is 49.8 Å². The fourth-order valence-electron chi connectivity index (χ4n) is 3.20. The van der Waals surface area contributed by atoms with Gasteiger partial charge in [-0.3, -0.25) is 4.79 Å². The molecule has 1 aliphatic heterocycles. The molecule has 1 amide bonds. The number of carbonyl (C=O) groups excluding carboxylic acids is 1. The number of hydrogen-bond acceptors (Lipinski definition) is 4. The number of hydrogen-bond donors (Lipinski definition) is 1. The quantitative estimate of drug-likeness (QED) is 0.797. The van der Waals surface area contributed by atoms with E-state index in [9.17, 15) is 9.90 Å². The van der Waals surface area contributed by atoms with Crippen molar-refractivity contribution in [3.8, 4) is 5.75 Å². The first-order chi connectivity index (χ1) is 12.7. The van der Waals surface area contributed by atoms with Crippen LogP contribution in [-0.2, 0) is 17.0 Å². The highest BCUT2D eigenvalue weighted by Gasteiger charge is 2.24. The second-order valence-corrected chi connectivity index (χ2v) is 7.45. The van der Waals surface area contributed by atoms with E-state index in [-0.39, 0.29) is 17.8 Å². The molecule has 138 valence electrons. The summed E-state index contributed by atoms with van der Waals surface area (Å²) < 4.78 is 5.73. The summed E-state index contributed by atoms with van der Waals surface area (Å²) in [5, 5.41) is 10.1. The second-order valence-electron chi connectivity index (χ2n) is 6.58. The maximum atomic E-state index is 13.1. The van der Waals surface area contributed by atoms with Crippen LogP contribution in [0.5, 0.6) is 5.75 Å². The van der Waals surface area contributed by atoms with E-state index in [1.54, 1.807) is 28.8 Å². The van der Waals surface area contributed by atoms with Gasteiger partial charge in [-0.1, -0.05) is 30.3 Å². The molecule has 1 aliphatic rings. The molecule has 5 heteroatoms. The van der Waals surface area contributed by atoms with Crippen molar-refractivity contribution in [1.82, 2.24) is 4.90 Å². The molecule has 2 aromatic rings. The molecule has 1 saturated heterocycles. The van der Waals surface area contributed by atoms with Gasteiger partial charge in [-0.2, -0.15) is 11.8 Å². The van der Waals surface area contributed by atoms with Gasteiger partial charge in [0.05, 0.1) is 6.10 Å². The van der Waals surface area contributed by atoms with Gasteiger partial charge in [-0.25, -0.2) is 0 Å². The first-order valence-corrected chi connectivity index (χ1v) is 10.3. The predicted octanol–water partition coefficient (Wildman–Crippen LogP) is 4.08. The molecule has 0 spiro atoms. The SMILES string of the molecule is CSCc1ccc(C(=O)N(Cc2ccccc2O)CC2CCCO2)cc1. The van der Waals surface area contributed by atoms with Crippen molar-refractivity contribution in [2.75, 3.05) is 19.4 Å². The summed E-state index contributed by atoms with van der Waals surface area (Å²) in [7, 11) is 0. The zero-order valence-corrected chi connectivity index (χ0v) is 15.9. The number of nitrogens with zero attached hydrogens (tertiary/aromatic N) is 1. The lowest BCUT2D eigenvalue weighted by molar-refractivity contribution is 0.0506. The van der Waals surface area contributed by atoms with Gasteiger partial charge in [0, 0.05) is 36.6 Å². The number of carbonyl (C=O) groups is 1. The van der Waals surface area contributed by atoms with Crippen molar-refractivity contribution in [1.29, 1.82) is 0 Å². The third-order valence-corrected chi connectivity index (χ3v) is 5.22. The molecule has 0 bridgehead atoms. The zero-order chi connectivity index (χ0) is 18.4. The van der Waals surface area contributed by atoms with Crippen LogP contribution in [0.1, 0.15) is 34.3 Å². The van der Waals surface area contributed by atoms with Crippen LogP contribution in [0.15, 0.2) is 48.5 Å². The molecule has 1 fully saturated rings. The van der Waals surface area contributed by atoms with Gasteiger partial charge in [-0.15, -0.1) is 0 Å². The summed E-state index contributed by atoms with van der Waals surface area (Å²) in [6, 6.07) is 15.0. The molecule has 1 atom stereocenters. The van der Waals surface area contributed by atoms with Crippen molar-refractivity contribution in [2.45, 2.75) is 31.2 Å². The molecule has 0 radical (unpaired) electrons. The summed E-state index contributed by atoms with van der Waals surface area (Å²) in [4.78, 5) is 14.9. The fourth-order valence-corrected chi connectivity index (χ4v) is 3.72. The lowest BCUT2D eigenvalue weighted by atomic mass is 10.1. The molecule has 0 aliphatic carbocycles. The Morgan fingerprint density at radius 2 is 2.00 bits per heavy atom. The number of rotatable bonds is 7.